The summed E-state index contributed by atoms with van der Waals surface area (Å²) < 4.78 is 13.8. The van der Waals surface area contributed by atoms with Crippen LogP contribution in [-0.2, 0) is 28.6 Å². The number of cyclic esters (lactones) is 3. The number of carbonyl (C=O) groups excluding carboxylic acids is 3. The number of carbonyl (C=O) groups is 3. The summed E-state index contributed by atoms with van der Waals surface area (Å²) in [7, 11) is 5.20. The molecule has 0 aliphatic carbocycles. The van der Waals surface area contributed by atoms with Gasteiger partial charge in [0.05, 0.1) is 0 Å². The van der Waals surface area contributed by atoms with Crippen LogP contribution in [0.5, 0.6) is 0 Å². The van der Waals surface area contributed by atoms with Crippen molar-refractivity contribution in [2.45, 2.75) is 38.9 Å². The number of hydrogen-bond acceptors (Lipinski definition) is 9. The zero-order chi connectivity index (χ0) is 21.0. The van der Waals surface area contributed by atoms with Crippen LogP contribution in [0, 0.1) is 0 Å². The molecule has 3 fully saturated rings. The van der Waals surface area contributed by atoms with Crippen molar-refractivity contribution >= 4 is 70.1 Å². The molecule has 12 heteroatoms. The maximum atomic E-state index is 10.6. The molecule has 3 rings (SSSR count). The van der Waals surface area contributed by atoms with Gasteiger partial charge in [-0.2, -0.15) is 0 Å². The minimum Gasteiger partial charge on any atom is -0.397 e. The van der Waals surface area contributed by atoms with Crippen LogP contribution in [0.25, 0.3) is 0 Å². The first-order valence-corrected chi connectivity index (χ1v) is 9.06. The molecule has 0 aromatic rings. The van der Waals surface area contributed by atoms with Gasteiger partial charge in [0.1, 0.15) is 18.1 Å². The zero-order valence-corrected chi connectivity index (χ0v) is 18.2. The molecule has 0 bridgehead atoms. The molecule has 0 radical (unpaired) electrons. The molecule has 0 amide bonds. The van der Waals surface area contributed by atoms with Crippen molar-refractivity contribution in [3.8, 4) is 0 Å². The number of rotatable bonds is 0. The Hall–Kier alpha value is -1.92. The third-order valence-corrected chi connectivity index (χ3v) is 5.31. The summed E-state index contributed by atoms with van der Waals surface area (Å²) in [5.41, 5.74) is 0. The minimum atomic E-state index is -0.262. The maximum Gasteiger partial charge on any atom is 0.335 e. The van der Waals surface area contributed by atoms with Crippen LogP contribution in [0.3, 0.4) is 0 Å². The van der Waals surface area contributed by atoms with E-state index in [1.165, 1.54) is 0 Å². The van der Waals surface area contributed by atoms with E-state index >= 15 is 0 Å². The van der Waals surface area contributed by atoms with Crippen molar-refractivity contribution in [3.05, 3.63) is 0 Å². The summed E-state index contributed by atoms with van der Waals surface area (Å²) in [6.07, 6.45) is 0. The van der Waals surface area contributed by atoms with Crippen LogP contribution in [0.15, 0.2) is 0 Å². The molecule has 3 saturated heterocycles. The van der Waals surface area contributed by atoms with Crippen molar-refractivity contribution in [1.29, 1.82) is 0 Å². The number of esters is 3. The molecule has 0 aromatic carbocycles. The average molecular weight is 436 g/mol. The summed E-state index contributed by atoms with van der Waals surface area (Å²) in [5.74, 6) is -0.785. The Balaban J connectivity index is 0.000000202. The Kier molecular flexibility index (Phi) is 7.99. The number of thiocarbonyl (C=S) groups is 3. The fourth-order valence-corrected chi connectivity index (χ4v) is 2.40. The predicted octanol–water partition coefficient (Wildman–Crippen LogP) is 0.445. The van der Waals surface area contributed by atoms with Crippen molar-refractivity contribution in [2.24, 2.45) is 0 Å². The van der Waals surface area contributed by atoms with Crippen LogP contribution in [0.1, 0.15) is 20.8 Å². The van der Waals surface area contributed by atoms with E-state index in [2.05, 4.69) is 50.9 Å². The van der Waals surface area contributed by atoms with Crippen LogP contribution >= 0.6 is 36.7 Å². The summed E-state index contributed by atoms with van der Waals surface area (Å²) >= 11 is 14.0. The second-order valence-electron chi connectivity index (χ2n) is 5.92. The standard InChI is InChI=1S/3C5H7NO2S/c3*1-3-4(7)8-5(9)6(3)2/h3*3H,1-2H3/t2*3-;/m10./s1. The van der Waals surface area contributed by atoms with Gasteiger partial charge in [-0.3, -0.25) is 0 Å². The Bertz CT molecular complexity index is 541. The third-order valence-electron chi connectivity index (χ3n) is 4.19. The second kappa shape index (κ2) is 9.33. The van der Waals surface area contributed by atoms with Gasteiger partial charge >= 0.3 is 17.9 Å². The van der Waals surface area contributed by atoms with E-state index in [-0.39, 0.29) is 51.6 Å². The van der Waals surface area contributed by atoms with Crippen molar-refractivity contribution in [2.75, 3.05) is 21.1 Å². The van der Waals surface area contributed by atoms with E-state index in [1.807, 2.05) is 0 Å². The quantitative estimate of drug-likeness (QED) is 0.301. The lowest BCUT2D eigenvalue weighted by Gasteiger charge is -2.08. The highest BCUT2D eigenvalue weighted by Crippen LogP contribution is 2.11. The first-order chi connectivity index (χ1) is 12.4. The van der Waals surface area contributed by atoms with Crippen molar-refractivity contribution in [1.82, 2.24) is 14.7 Å². The Morgan fingerprint density at radius 3 is 0.815 bits per heavy atom. The molecule has 150 valence electrons. The highest BCUT2D eigenvalue weighted by atomic mass is 32.1. The smallest absolute Gasteiger partial charge is 0.335 e. The van der Waals surface area contributed by atoms with Crippen molar-refractivity contribution in [3.63, 3.8) is 0 Å². The highest BCUT2D eigenvalue weighted by molar-refractivity contribution is 7.80. The van der Waals surface area contributed by atoms with E-state index in [9.17, 15) is 14.4 Å². The summed E-state index contributed by atoms with van der Waals surface area (Å²) in [4.78, 5) is 36.8. The zero-order valence-electron chi connectivity index (χ0n) is 15.7. The van der Waals surface area contributed by atoms with Gasteiger partial charge in [0.15, 0.2) is 0 Å². The first kappa shape index (κ1) is 23.1. The van der Waals surface area contributed by atoms with Gasteiger partial charge in [-0.25, -0.2) is 14.4 Å². The summed E-state index contributed by atoms with van der Waals surface area (Å²) in [6.45, 7) is 5.25. The van der Waals surface area contributed by atoms with E-state index in [0.29, 0.717) is 0 Å². The molecule has 3 atom stereocenters. The Morgan fingerprint density at radius 2 is 0.778 bits per heavy atom. The molecule has 9 nitrogen and oxygen atoms in total. The first-order valence-electron chi connectivity index (χ1n) is 7.83. The summed E-state index contributed by atoms with van der Waals surface area (Å²) in [6, 6.07) is -0.632. The maximum absolute atomic E-state index is 10.6. The molecular weight excluding hydrogens is 414 g/mol. The molecule has 1 unspecified atom stereocenters. The van der Waals surface area contributed by atoms with E-state index < -0.39 is 0 Å². The monoisotopic (exact) mass is 435 g/mol. The number of hydrogen-bond donors (Lipinski definition) is 0. The largest absolute Gasteiger partial charge is 0.397 e. The van der Waals surface area contributed by atoms with Gasteiger partial charge in [0, 0.05) is 21.1 Å². The van der Waals surface area contributed by atoms with Gasteiger partial charge in [0.2, 0.25) is 0 Å². The van der Waals surface area contributed by atoms with Crippen LogP contribution in [0.2, 0.25) is 0 Å². The molecular formula is C15H21N3O6S3. The molecule has 3 heterocycles. The Morgan fingerprint density at radius 1 is 0.593 bits per heavy atom. The van der Waals surface area contributed by atoms with Gasteiger partial charge in [-0.05, 0) is 57.4 Å². The normalized spacial score (nSPS) is 26.9. The molecule has 0 saturated carbocycles. The van der Waals surface area contributed by atoms with Crippen LogP contribution in [0.4, 0.5) is 0 Å². The number of likely N-dealkylation sites (N-methyl/N-ethyl adjacent to an activating group) is 3. The van der Waals surface area contributed by atoms with Crippen LogP contribution < -0.4 is 0 Å². The lowest BCUT2D eigenvalue weighted by molar-refractivity contribution is -0.135. The number of ether oxygens (including phenoxy) is 3. The second-order valence-corrected chi connectivity index (χ2v) is 6.97. The topological polar surface area (TPSA) is 88.6 Å². The molecule has 3 aliphatic heterocycles. The van der Waals surface area contributed by atoms with Gasteiger partial charge < -0.3 is 28.9 Å². The molecule has 3 aliphatic rings. The summed E-state index contributed by atoms with van der Waals surface area (Å²) in [5, 5.41) is 0.813. The van der Waals surface area contributed by atoms with E-state index in [1.54, 1.807) is 56.6 Å². The predicted molar refractivity (Wildman–Crippen MR) is 108 cm³/mol. The van der Waals surface area contributed by atoms with Gasteiger partial charge in [0.25, 0.3) is 15.5 Å². The van der Waals surface area contributed by atoms with E-state index in [4.69, 9.17) is 0 Å². The molecule has 0 aromatic heterocycles. The highest BCUT2D eigenvalue weighted by Gasteiger charge is 2.32. The van der Waals surface area contributed by atoms with Gasteiger partial charge in [-0.15, -0.1) is 0 Å². The SMILES string of the molecule is CC1C(=O)OC(=S)N1C.C[C@@H]1C(=O)OC(=S)N1C.C[C@H]1C(=O)OC(=S)N1C. The lowest BCUT2D eigenvalue weighted by Crippen LogP contribution is -2.27. The fourth-order valence-electron chi connectivity index (χ4n) is 1.68. The molecule has 27 heavy (non-hydrogen) atoms. The fraction of sp³-hybridized carbons (Fsp3) is 0.600. The average Bonchev–Trinajstić information content (AvgIpc) is 3.07. The molecule has 0 spiro atoms. The van der Waals surface area contributed by atoms with E-state index in [0.717, 1.165) is 0 Å². The lowest BCUT2D eigenvalue weighted by atomic mass is 10.3. The minimum absolute atomic E-state index is 0.211. The Labute approximate surface area is 173 Å². The third kappa shape index (κ3) is 5.53. The van der Waals surface area contributed by atoms with Gasteiger partial charge in [-0.1, -0.05) is 0 Å². The van der Waals surface area contributed by atoms with Crippen molar-refractivity contribution < 1.29 is 28.6 Å². The molecule has 0 N–H and O–H groups in total. The number of nitrogens with zero attached hydrogens (tertiary/aromatic N) is 3. The van der Waals surface area contributed by atoms with Crippen LogP contribution in [-0.4, -0.2) is 87.4 Å².